The van der Waals surface area contributed by atoms with Gasteiger partial charge in [0.1, 0.15) is 6.23 Å². The lowest BCUT2D eigenvalue weighted by atomic mass is 10.1. The molecule has 0 spiro atoms. The molecule has 11 heavy (non-hydrogen) atoms. The van der Waals surface area contributed by atoms with E-state index in [1.165, 1.54) is 0 Å². The van der Waals surface area contributed by atoms with Gasteiger partial charge >= 0.3 is 0 Å². The number of nitrogens with zero attached hydrogens (tertiary/aromatic N) is 1. The van der Waals surface area contributed by atoms with Crippen molar-refractivity contribution in [1.82, 2.24) is 4.90 Å². The lowest BCUT2D eigenvalue weighted by Gasteiger charge is -2.35. The number of hydrogen-bond acceptors (Lipinski definition) is 2. The SMILES string of the molecule is CC(C)N1C(=O)CCCC1O. The van der Waals surface area contributed by atoms with Crippen molar-refractivity contribution in [2.45, 2.75) is 45.4 Å². The van der Waals surface area contributed by atoms with E-state index in [-0.39, 0.29) is 11.9 Å². The third kappa shape index (κ3) is 1.71. The number of rotatable bonds is 1. The predicted molar refractivity (Wildman–Crippen MR) is 41.8 cm³/mol. The first-order chi connectivity index (χ1) is 5.13. The molecule has 1 aliphatic heterocycles. The number of carbonyl (C=O) groups excluding carboxylic acids is 1. The predicted octanol–water partition coefficient (Wildman–Crippen LogP) is 0.726. The smallest absolute Gasteiger partial charge is 0.224 e. The highest BCUT2D eigenvalue weighted by Gasteiger charge is 2.27. The highest BCUT2D eigenvalue weighted by atomic mass is 16.3. The molecule has 3 nitrogen and oxygen atoms in total. The molecular formula is C8H15NO2. The van der Waals surface area contributed by atoms with Gasteiger partial charge in [-0.25, -0.2) is 0 Å². The van der Waals surface area contributed by atoms with Crippen LogP contribution in [0.25, 0.3) is 0 Å². The van der Waals surface area contributed by atoms with Crippen LogP contribution in [-0.4, -0.2) is 28.2 Å². The fraction of sp³-hybridized carbons (Fsp3) is 0.875. The van der Waals surface area contributed by atoms with Crippen molar-refractivity contribution in [3.05, 3.63) is 0 Å². The van der Waals surface area contributed by atoms with E-state index in [2.05, 4.69) is 0 Å². The Hall–Kier alpha value is -0.570. The van der Waals surface area contributed by atoms with Gasteiger partial charge in [-0.15, -0.1) is 0 Å². The highest BCUT2D eigenvalue weighted by Crippen LogP contribution is 2.18. The largest absolute Gasteiger partial charge is 0.374 e. The van der Waals surface area contributed by atoms with Gasteiger partial charge in [-0.3, -0.25) is 4.79 Å². The van der Waals surface area contributed by atoms with Crippen LogP contribution in [-0.2, 0) is 4.79 Å². The molecule has 1 N–H and O–H groups in total. The second-order valence-corrected chi connectivity index (χ2v) is 3.27. The first-order valence-electron chi connectivity index (χ1n) is 4.12. The summed E-state index contributed by atoms with van der Waals surface area (Å²) in [5, 5.41) is 9.41. The highest BCUT2D eigenvalue weighted by molar-refractivity contribution is 5.77. The maximum atomic E-state index is 11.2. The van der Waals surface area contributed by atoms with E-state index in [1.54, 1.807) is 4.90 Å². The van der Waals surface area contributed by atoms with Crippen LogP contribution in [0.1, 0.15) is 33.1 Å². The maximum Gasteiger partial charge on any atom is 0.224 e. The summed E-state index contributed by atoms with van der Waals surface area (Å²) in [6.07, 6.45) is 1.60. The lowest BCUT2D eigenvalue weighted by Crippen LogP contribution is -2.47. The molecule has 3 heteroatoms. The quantitative estimate of drug-likeness (QED) is 0.609. The summed E-state index contributed by atoms with van der Waals surface area (Å²) >= 11 is 0. The minimum Gasteiger partial charge on any atom is -0.374 e. The Kier molecular flexibility index (Phi) is 2.49. The summed E-state index contributed by atoms with van der Waals surface area (Å²) in [6, 6.07) is 0.123. The molecule has 1 atom stereocenters. The van der Waals surface area contributed by atoms with Crippen LogP contribution in [0.2, 0.25) is 0 Å². The molecule has 0 radical (unpaired) electrons. The van der Waals surface area contributed by atoms with Crippen molar-refractivity contribution in [1.29, 1.82) is 0 Å². The molecule has 0 aromatic carbocycles. The third-order valence-electron chi connectivity index (χ3n) is 2.02. The number of aliphatic hydroxyl groups is 1. The van der Waals surface area contributed by atoms with E-state index < -0.39 is 6.23 Å². The number of hydrogen-bond donors (Lipinski definition) is 1. The van der Waals surface area contributed by atoms with Crippen molar-refractivity contribution < 1.29 is 9.90 Å². The fourth-order valence-corrected chi connectivity index (χ4v) is 1.50. The Morgan fingerprint density at radius 1 is 1.64 bits per heavy atom. The molecule has 1 fully saturated rings. The van der Waals surface area contributed by atoms with Crippen molar-refractivity contribution in [2.24, 2.45) is 0 Å². The minimum absolute atomic E-state index is 0.0822. The summed E-state index contributed by atoms with van der Waals surface area (Å²) < 4.78 is 0. The van der Waals surface area contributed by atoms with Gasteiger partial charge in [0.2, 0.25) is 5.91 Å². The molecule has 1 heterocycles. The summed E-state index contributed by atoms with van der Waals surface area (Å²) in [5.41, 5.74) is 0. The third-order valence-corrected chi connectivity index (χ3v) is 2.02. The molecule has 0 aromatic heterocycles. The second-order valence-electron chi connectivity index (χ2n) is 3.27. The minimum atomic E-state index is -0.545. The van der Waals surface area contributed by atoms with Crippen LogP contribution in [0.3, 0.4) is 0 Å². The fourth-order valence-electron chi connectivity index (χ4n) is 1.50. The molecule has 1 rings (SSSR count). The zero-order valence-corrected chi connectivity index (χ0v) is 7.08. The van der Waals surface area contributed by atoms with E-state index in [1.807, 2.05) is 13.8 Å². The molecular weight excluding hydrogens is 142 g/mol. The van der Waals surface area contributed by atoms with Crippen molar-refractivity contribution in [3.8, 4) is 0 Å². The monoisotopic (exact) mass is 157 g/mol. The van der Waals surface area contributed by atoms with Gasteiger partial charge in [0.05, 0.1) is 0 Å². The summed E-state index contributed by atoms with van der Waals surface area (Å²) in [4.78, 5) is 12.8. The van der Waals surface area contributed by atoms with Gasteiger partial charge < -0.3 is 10.0 Å². The molecule has 1 amide bonds. The van der Waals surface area contributed by atoms with Crippen LogP contribution >= 0.6 is 0 Å². The van der Waals surface area contributed by atoms with E-state index >= 15 is 0 Å². The van der Waals surface area contributed by atoms with Gasteiger partial charge in [-0.05, 0) is 26.7 Å². The Bertz CT molecular complexity index is 156. The maximum absolute atomic E-state index is 11.2. The first-order valence-corrected chi connectivity index (χ1v) is 4.12. The van der Waals surface area contributed by atoms with Crippen LogP contribution in [0.5, 0.6) is 0 Å². The Balaban J connectivity index is 2.63. The first kappa shape index (κ1) is 8.53. The number of piperidine rings is 1. The lowest BCUT2D eigenvalue weighted by molar-refractivity contribution is -0.149. The summed E-state index contributed by atoms with van der Waals surface area (Å²) in [5.74, 6) is 0.0822. The second kappa shape index (κ2) is 3.22. The van der Waals surface area contributed by atoms with E-state index in [4.69, 9.17) is 0 Å². The summed E-state index contributed by atoms with van der Waals surface area (Å²) in [7, 11) is 0. The van der Waals surface area contributed by atoms with Gasteiger partial charge in [0, 0.05) is 12.5 Å². The van der Waals surface area contributed by atoms with Gasteiger partial charge in [-0.1, -0.05) is 0 Å². The molecule has 1 aliphatic rings. The summed E-state index contributed by atoms with van der Waals surface area (Å²) in [6.45, 7) is 3.85. The van der Waals surface area contributed by atoms with Crippen LogP contribution in [0, 0.1) is 0 Å². The molecule has 0 aromatic rings. The average molecular weight is 157 g/mol. The number of carbonyl (C=O) groups is 1. The molecule has 1 saturated heterocycles. The number of likely N-dealkylation sites (tertiary alicyclic amines) is 1. The van der Waals surface area contributed by atoms with Gasteiger partial charge in [-0.2, -0.15) is 0 Å². The van der Waals surface area contributed by atoms with Crippen molar-refractivity contribution in [2.75, 3.05) is 0 Å². The van der Waals surface area contributed by atoms with Gasteiger partial charge in [0.25, 0.3) is 0 Å². The van der Waals surface area contributed by atoms with E-state index in [0.717, 1.165) is 12.8 Å². The molecule has 64 valence electrons. The normalized spacial score (nSPS) is 26.4. The number of aliphatic hydroxyl groups excluding tert-OH is 1. The van der Waals surface area contributed by atoms with E-state index in [9.17, 15) is 9.90 Å². The molecule has 1 unspecified atom stereocenters. The van der Waals surface area contributed by atoms with Crippen molar-refractivity contribution >= 4 is 5.91 Å². The zero-order chi connectivity index (χ0) is 8.43. The van der Waals surface area contributed by atoms with Crippen LogP contribution in [0.4, 0.5) is 0 Å². The topological polar surface area (TPSA) is 40.5 Å². The van der Waals surface area contributed by atoms with Gasteiger partial charge in [0.15, 0.2) is 0 Å². The number of amides is 1. The van der Waals surface area contributed by atoms with Crippen LogP contribution < -0.4 is 0 Å². The molecule has 0 saturated carbocycles. The van der Waals surface area contributed by atoms with Crippen LogP contribution in [0.15, 0.2) is 0 Å². The standard InChI is InChI=1S/C8H15NO2/c1-6(2)9-7(10)4-3-5-8(9)11/h6-7,10H,3-5H2,1-2H3. The molecule has 0 aliphatic carbocycles. The Labute approximate surface area is 67.0 Å². The zero-order valence-electron chi connectivity index (χ0n) is 7.08. The molecule has 0 bridgehead atoms. The average Bonchev–Trinajstić information content (AvgIpc) is 1.85. The Morgan fingerprint density at radius 2 is 2.27 bits per heavy atom. The van der Waals surface area contributed by atoms with Crippen molar-refractivity contribution in [3.63, 3.8) is 0 Å². The Morgan fingerprint density at radius 3 is 2.64 bits per heavy atom. The van der Waals surface area contributed by atoms with E-state index in [0.29, 0.717) is 6.42 Å².